The highest BCUT2D eigenvalue weighted by Crippen LogP contribution is 2.43. The molecule has 5 nitrogen and oxygen atoms in total. The molecule has 0 atom stereocenters. The Balaban J connectivity index is 1.39. The number of likely N-dealkylation sites (tertiary alicyclic amines) is 1. The fourth-order valence-corrected chi connectivity index (χ4v) is 4.46. The summed E-state index contributed by atoms with van der Waals surface area (Å²) in [5.41, 5.74) is 0.552. The number of pyridine rings is 1. The minimum Gasteiger partial charge on any atom is -0.339 e. The lowest BCUT2D eigenvalue weighted by atomic mass is 9.77. The Bertz CT molecular complexity index is 809. The van der Waals surface area contributed by atoms with Crippen LogP contribution in [-0.2, 0) is 9.59 Å². The number of nitrogens with zero attached hydrogens (tertiary/aromatic N) is 3. The third-order valence-corrected chi connectivity index (χ3v) is 6.27. The Labute approximate surface area is 157 Å². The SMILES string of the molecule is O=C(/C=C/c1cccs1)N1CCC2(CC1)CCN(c1cccnc1)C2=O. The third kappa shape index (κ3) is 3.17. The van der Waals surface area contributed by atoms with Crippen LogP contribution in [0, 0.1) is 5.41 Å². The quantitative estimate of drug-likeness (QED) is 0.783. The van der Waals surface area contributed by atoms with E-state index in [1.54, 1.807) is 29.8 Å². The zero-order chi connectivity index (χ0) is 18.0. The van der Waals surface area contributed by atoms with E-state index in [4.69, 9.17) is 0 Å². The predicted octanol–water partition coefficient (Wildman–Crippen LogP) is 3.20. The van der Waals surface area contributed by atoms with Crippen LogP contribution < -0.4 is 4.90 Å². The molecular weight excluding hydrogens is 346 g/mol. The molecule has 0 aromatic carbocycles. The van der Waals surface area contributed by atoms with Crippen molar-refractivity contribution in [1.29, 1.82) is 0 Å². The Morgan fingerprint density at radius 2 is 1.96 bits per heavy atom. The molecule has 4 heterocycles. The third-order valence-electron chi connectivity index (χ3n) is 5.44. The van der Waals surface area contributed by atoms with Crippen LogP contribution in [0.25, 0.3) is 6.08 Å². The average Bonchev–Trinajstić information content (AvgIpc) is 3.31. The lowest BCUT2D eigenvalue weighted by molar-refractivity contribution is -0.134. The van der Waals surface area contributed by atoms with Crippen molar-refractivity contribution in [3.05, 3.63) is 53.0 Å². The Morgan fingerprint density at radius 3 is 2.65 bits per heavy atom. The van der Waals surface area contributed by atoms with Gasteiger partial charge in [-0.25, -0.2) is 0 Å². The number of carbonyl (C=O) groups excluding carboxylic acids is 2. The van der Waals surface area contributed by atoms with Crippen LogP contribution in [0.4, 0.5) is 5.69 Å². The monoisotopic (exact) mass is 367 g/mol. The molecule has 0 unspecified atom stereocenters. The van der Waals surface area contributed by atoms with Gasteiger partial charge in [-0.15, -0.1) is 11.3 Å². The molecule has 2 aliphatic rings. The van der Waals surface area contributed by atoms with Crippen LogP contribution in [0.3, 0.4) is 0 Å². The molecule has 1 spiro atoms. The van der Waals surface area contributed by atoms with E-state index < -0.39 is 0 Å². The highest BCUT2D eigenvalue weighted by Gasteiger charge is 2.48. The van der Waals surface area contributed by atoms with Gasteiger partial charge in [0, 0.05) is 36.8 Å². The number of aromatic nitrogens is 1. The van der Waals surface area contributed by atoms with Gasteiger partial charge in [-0.2, -0.15) is 0 Å². The molecular formula is C20H21N3O2S. The number of piperidine rings is 1. The van der Waals surface area contributed by atoms with Gasteiger partial charge in [0.05, 0.1) is 17.3 Å². The normalized spacial score (nSPS) is 19.6. The molecule has 0 radical (unpaired) electrons. The van der Waals surface area contributed by atoms with Crippen molar-refractivity contribution in [2.75, 3.05) is 24.5 Å². The maximum absolute atomic E-state index is 13.0. The van der Waals surface area contributed by atoms with Crippen molar-refractivity contribution in [2.45, 2.75) is 19.3 Å². The topological polar surface area (TPSA) is 53.5 Å². The molecule has 134 valence electrons. The van der Waals surface area contributed by atoms with E-state index in [9.17, 15) is 9.59 Å². The Kier molecular flexibility index (Phi) is 4.59. The summed E-state index contributed by atoms with van der Waals surface area (Å²) in [5.74, 6) is 0.217. The van der Waals surface area contributed by atoms with Gasteiger partial charge in [-0.1, -0.05) is 6.07 Å². The van der Waals surface area contributed by atoms with Crippen molar-refractivity contribution >= 4 is 34.9 Å². The summed E-state index contributed by atoms with van der Waals surface area (Å²) in [6, 6.07) is 7.75. The summed E-state index contributed by atoms with van der Waals surface area (Å²) in [5, 5.41) is 1.99. The number of hydrogen-bond acceptors (Lipinski definition) is 4. The van der Waals surface area contributed by atoms with Crippen LogP contribution in [0.5, 0.6) is 0 Å². The fraction of sp³-hybridized carbons (Fsp3) is 0.350. The maximum Gasteiger partial charge on any atom is 0.246 e. The van der Waals surface area contributed by atoms with Gasteiger partial charge in [-0.05, 0) is 48.9 Å². The van der Waals surface area contributed by atoms with Crippen LogP contribution in [0.2, 0.25) is 0 Å². The Morgan fingerprint density at radius 1 is 1.15 bits per heavy atom. The van der Waals surface area contributed by atoms with Gasteiger partial charge in [-0.3, -0.25) is 14.6 Å². The summed E-state index contributed by atoms with van der Waals surface area (Å²) in [6.45, 7) is 2.01. The number of carbonyl (C=O) groups is 2. The summed E-state index contributed by atoms with van der Waals surface area (Å²) in [6.07, 6.45) is 9.29. The van der Waals surface area contributed by atoms with Gasteiger partial charge in [0.25, 0.3) is 0 Å². The van der Waals surface area contributed by atoms with E-state index in [0.29, 0.717) is 13.1 Å². The molecule has 0 bridgehead atoms. The second-order valence-electron chi connectivity index (χ2n) is 6.87. The van der Waals surface area contributed by atoms with Crippen molar-refractivity contribution < 1.29 is 9.59 Å². The first-order valence-corrected chi connectivity index (χ1v) is 9.78. The standard InChI is InChI=1S/C20H21N3O2S/c24-18(6-5-17-4-2-14-26-17)22-11-7-20(8-12-22)9-13-23(19(20)25)16-3-1-10-21-15-16/h1-6,10,14-15H,7-9,11-13H2/b6-5+. The van der Waals surface area contributed by atoms with E-state index in [1.807, 2.05) is 45.5 Å². The van der Waals surface area contributed by atoms with Crippen molar-refractivity contribution in [2.24, 2.45) is 5.41 Å². The lowest BCUT2D eigenvalue weighted by Gasteiger charge is -2.37. The molecule has 0 saturated carbocycles. The molecule has 4 rings (SSSR count). The largest absolute Gasteiger partial charge is 0.339 e. The fourth-order valence-electron chi connectivity index (χ4n) is 3.84. The Hall–Kier alpha value is -2.47. The molecule has 2 saturated heterocycles. The van der Waals surface area contributed by atoms with Crippen LogP contribution in [0.1, 0.15) is 24.1 Å². The minimum atomic E-state index is -0.315. The van der Waals surface area contributed by atoms with Gasteiger partial charge >= 0.3 is 0 Å². The number of anilines is 1. The summed E-state index contributed by atoms with van der Waals surface area (Å²) >= 11 is 1.61. The van der Waals surface area contributed by atoms with E-state index in [1.165, 1.54) is 0 Å². The molecule has 2 aromatic rings. The number of thiophene rings is 1. The van der Waals surface area contributed by atoms with Gasteiger partial charge in [0.1, 0.15) is 0 Å². The molecule has 2 aliphatic heterocycles. The van der Waals surface area contributed by atoms with Crippen LogP contribution in [0.15, 0.2) is 48.1 Å². The number of amides is 2. The molecule has 6 heteroatoms. The average molecular weight is 367 g/mol. The first-order chi connectivity index (χ1) is 12.7. The lowest BCUT2D eigenvalue weighted by Crippen LogP contribution is -2.46. The van der Waals surface area contributed by atoms with Crippen molar-refractivity contribution in [3.63, 3.8) is 0 Å². The molecule has 0 N–H and O–H groups in total. The summed E-state index contributed by atoms with van der Waals surface area (Å²) in [7, 11) is 0. The van der Waals surface area contributed by atoms with Gasteiger partial charge in [0.2, 0.25) is 11.8 Å². The molecule has 2 fully saturated rings. The van der Waals surface area contributed by atoms with Crippen molar-refractivity contribution in [1.82, 2.24) is 9.88 Å². The number of rotatable bonds is 3. The minimum absolute atomic E-state index is 0.0304. The van der Waals surface area contributed by atoms with Crippen LogP contribution in [-0.4, -0.2) is 41.3 Å². The maximum atomic E-state index is 13.0. The molecule has 0 aliphatic carbocycles. The first-order valence-electron chi connectivity index (χ1n) is 8.90. The van der Waals surface area contributed by atoms with Crippen LogP contribution >= 0.6 is 11.3 Å². The number of hydrogen-bond donors (Lipinski definition) is 0. The predicted molar refractivity (Wildman–Crippen MR) is 103 cm³/mol. The smallest absolute Gasteiger partial charge is 0.246 e. The van der Waals surface area contributed by atoms with Gasteiger partial charge in [0.15, 0.2) is 0 Å². The molecule has 26 heavy (non-hydrogen) atoms. The highest BCUT2D eigenvalue weighted by molar-refractivity contribution is 7.10. The second-order valence-corrected chi connectivity index (χ2v) is 7.85. The van der Waals surface area contributed by atoms with Gasteiger partial charge < -0.3 is 9.80 Å². The van der Waals surface area contributed by atoms with E-state index in [2.05, 4.69) is 4.98 Å². The molecule has 2 aromatic heterocycles. The zero-order valence-electron chi connectivity index (χ0n) is 14.5. The van der Waals surface area contributed by atoms with E-state index in [-0.39, 0.29) is 17.2 Å². The molecule has 2 amide bonds. The second kappa shape index (κ2) is 7.03. The summed E-state index contributed by atoms with van der Waals surface area (Å²) in [4.78, 5) is 34.3. The first kappa shape index (κ1) is 17.0. The highest BCUT2D eigenvalue weighted by atomic mass is 32.1. The van der Waals surface area contributed by atoms with Crippen molar-refractivity contribution in [3.8, 4) is 0 Å². The zero-order valence-corrected chi connectivity index (χ0v) is 15.3. The van der Waals surface area contributed by atoms with E-state index in [0.717, 1.165) is 36.4 Å². The van der Waals surface area contributed by atoms with E-state index >= 15 is 0 Å². The summed E-state index contributed by atoms with van der Waals surface area (Å²) < 4.78 is 0.